The van der Waals surface area contributed by atoms with Crippen LogP contribution in [0.1, 0.15) is 30.9 Å². The highest BCUT2D eigenvalue weighted by molar-refractivity contribution is 5.90. The first-order valence-corrected chi connectivity index (χ1v) is 5.85. The number of carbonyl (C=O) groups is 1. The number of aromatic nitrogens is 3. The second-order valence-electron chi connectivity index (χ2n) is 3.68. The molecule has 0 saturated carbocycles. The van der Waals surface area contributed by atoms with Gasteiger partial charge in [-0.2, -0.15) is 4.98 Å². The Morgan fingerprint density at radius 3 is 2.71 bits per heavy atom. The Morgan fingerprint density at radius 1 is 1.47 bits per heavy atom. The van der Waals surface area contributed by atoms with E-state index in [9.17, 15) is 4.79 Å². The van der Waals surface area contributed by atoms with Crippen molar-refractivity contribution in [3.63, 3.8) is 0 Å². The molecule has 1 aromatic rings. The number of anilines is 1. The zero-order valence-electron chi connectivity index (χ0n) is 10.4. The molecule has 1 heterocycles. The van der Waals surface area contributed by atoms with Crippen LogP contribution in [0.25, 0.3) is 0 Å². The third-order valence-corrected chi connectivity index (χ3v) is 2.55. The molecular weight excluding hydrogens is 220 g/mol. The standard InChI is InChI=1S/C10H20N6O/c1-3-16(4-2)7-5-6-12-9(17)8-13-10(11)15-14-8/h3-7H2,1-2H3,(H,12,17)(H3,11,13,14,15). The van der Waals surface area contributed by atoms with Gasteiger partial charge in [-0.15, -0.1) is 5.10 Å². The molecule has 0 aromatic carbocycles. The Kier molecular flexibility index (Phi) is 5.41. The lowest BCUT2D eigenvalue weighted by Crippen LogP contribution is -2.30. The van der Waals surface area contributed by atoms with Crippen LogP contribution in [0.3, 0.4) is 0 Å². The minimum absolute atomic E-state index is 0.0818. The van der Waals surface area contributed by atoms with Gasteiger partial charge in [-0.1, -0.05) is 13.8 Å². The van der Waals surface area contributed by atoms with Crippen molar-refractivity contribution in [2.45, 2.75) is 20.3 Å². The van der Waals surface area contributed by atoms with Crippen LogP contribution in [0.15, 0.2) is 0 Å². The summed E-state index contributed by atoms with van der Waals surface area (Å²) in [5.41, 5.74) is 5.31. The minimum atomic E-state index is -0.270. The molecule has 17 heavy (non-hydrogen) atoms. The summed E-state index contributed by atoms with van der Waals surface area (Å²) in [4.78, 5) is 17.6. The molecule has 0 unspecified atom stereocenters. The van der Waals surface area contributed by atoms with Crippen LogP contribution in [-0.4, -0.2) is 52.2 Å². The Labute approximate surface area is 101 Å². The number of aromatic amines is 1. The van der Waals surface area contributed by atoms with E-state index in [1.165, 1.54) is 0 Å². The number of amides is 1. The Balaban J connectivity index is 2.21. The molecule has 4 N–H and O–H groups in total. The lowest BCUT2D eigenvalue weighted by molar-refractivity contribution is 0.0942. The number of rotatable bonds is 7. The fourth-order valence-corrected chi connectivity index (χ4v) is 1.50. The topological polar surface area (TPSA) is 99.9 Å². The second-order valence-corrected chi connectivity index (χ2v) is 3.68. The summed E-state index contributed by atoms with van der Waals surface area (Å²) in [7, 11) is 0. The van der Waals surface area contributed by atoms with Crippen molar-refractivity contribution >= 4 is 11.9 Å². The summed E-state index contributed by atoms with van der Waals surface area (Å²) in [5, 5.41) is 8.82. The van der Waals surface area contributed by atoms with E-state index >= 15 is 0 Å². The Morgan fingerprint density at radius 2 is 2.18 bits per heavy atom. The number of hydrogen-bond donors (Lipinski definition) is 3. The normalized spacial score (nSPS) is 10.8. The molecule has 1 rings (SSSR count). The maximum atomic E-state index is 11.5. The first-order valence-electron chi connectivity index (χ1n) is 5.85. The fraction of sp³-hybridized carbons (Fsp3) is 0.700. The van der Waals surface area contributed by atoms with Crippen molar-refractivity contribution in [3.8, 4) is 0 Å². The lowest BCUT2D eigenvalue weighted by Gasteiger charge is -2.17. The largest absolute Gasteiger partial charge is 0.366 e. The predicted octanol–water partition coefficient (Wildman–Crippen LogP) is -0.151. The van der Waals surface area contributed by atoms with Crippen LogP contribution in [0.2, 0.25) is 0 Å². The molecule has 1 aromatic heterocycles. The number of nitrogen functional groups attached to an aromatic ring is 1. The number of nitrogens with two attached hydrogens (primary N) is 1. The zero-order valence-corrected chi connectivity index (χ0v) is 10.4. The predicted molar refractivity (Wildman–Crippen MR) is 65.5 cm³/mol. The SMILES string of the molecule is CCN(CC)CCCNC(=O)c1nc(N)n[nH]1. The first kappa shape index (κ1) is 13.4. The molecule has 96 valence electrons. The molecule has 0 radical (unpaired) electrons. The second kappa shape index (κ2) is 6.85. The fourth-order valence-electron chi connectivity index (χ4n) is 1.50. The van der Waals surface area contributed by atoms with E-state index in [2.05, 4.69) is 39.2 Å². The Hall–Kier alpha value is -1.63. The third-order valence-electron chi connectivity index (χ3n) is 2.55. The molecule has 0 fully saturated rings. The lowest BCUT2D eigenvalue weighted by atomic mass is 10.3. The van der Waals surface area contributed by atoms with Crippen LogP contribution in [0, 0.1) is 0 Å². The molecule has 0 atom stereocenters. The van der Waals surface area contributed by atoms with E-state index in [1.807, 2.05) is 0 Å². The minimum Gasteiger partial charge on any atom is -0.366 e. The summed E-state index contributed by atoms with van der Waals surface area (Å²) >= 11 is 0. The number of H-pyrrole nitrogens is 1. The molecule has 7 nitrogen and oxygen atoms in total. The highest BCUT2D eigenvalue weighted by Gasteiger charge is 2.09. The maximum absolute atomic E-state index is 11.5. The van der Waals surface area contributed by atoms with Crippen molar-refractivity contribution in [2.24, 2.45) is 0 Å². The van der Waals surface area contributed by atoms with Gasteiger partial charge < -0.3 is 16.0 Å². The molecule has 0 aliphatic rings. The summed E-state index contributed by atoms with van der Waals surface area (Å²) in [6.07, 6.45) is 0.914. The smallest absolute Gasteiger partial charge is 0.288 e. The maximum Gasteiger partial charge on any atom is 0.288 e. The highest BCUT2D eigenvalue weighted by Crippen LogP contribution is 1.93. The van der Waals surface area contributed by atoms with Gasteiger partial charge in [0.05, 0.1) is 0 Å². The highest BCUT2D eigenvalue weighted by atomic mass is 16.2. The molecule has 0 aliphatic heterocycles. The zero-order chi connectivity index (χ0) is 12.7. The van der Waals surface area contributed by atoms with Crippen molar-refractivity contribution in [2.75, 3.05) is 31.9 Å². The summed E-state index contributed by atoms with van der Waals surface area (Å²) in [5.74, 6) is -0.0302. The molecule has 0 bridgehead atoms. The summed E-state index contributed by atoms with van der Waals surface area (Å²) in [6.45, 7) is 7.91. The van der Waals surface area contributed by atoms with Crippen LogP contribution in [0.4, 0.5) is 5.95 Å². The summed E-state index contributed by atoms with van der Waals surface area (Å²) in [6, 6.07) is 0. The quantitative estimate of drug-likeness (QED) is 0.575. The number of hydrogen-bond acceptors (Lipinski definition) is 5. The number of nitrogens with one attached hydrogen (secondary N) is 2. The van der Waals surface area contributed by atoms with Gasteiger partial charge in [0.1, 0.15) is 0 Å². The Bertz CT molecular complexity index is 346. The molecule has 0 spiro atoms. The van der Waals surface area contributed by atoms with E-state index in [0.29, 0.717) is 6.54 Å². The first-order chi connectivity index (χ1) is 8.17. The van der Waals surface area contributed by atoms with Crippen LogP contribution >= 0.6 is 0 Å². The van der Waals surface area contributed by atoms with Crippen molar-refractivity contribution in [3.05, 3.63) is 5.82 Å². The van der Waals surface area contributed by atoms with Gasteiger partial charge in [0, 0.05) is 6.54 Å². The van der Waals surface area contributed by atoms with Crippen molar-refractivity contribution in [1.82, 2.24) is 25.4 Å². The van der Waals surface area contributed by atoms with Gasteiger partial charge in [0.15, 0.2) is 0 Å². The third kappa shape index (κ3) is 4.39. The van der Waals surface area contributed by atoms with E-state index < -0.39 is 0 Å². The molecule has 0 saturated heterocycles. The van der Waals surface area contributed by atoms with Crippen molar-refractivity contribution in [1.29, 1.82) is 0 Å². The monoisotopic (exact) mass is 240 g/mol. The van der Waals surface area contributed by atoms with E-state index in [0.717, 1.165) is 26.1 Å². The van der Waals surface area contributed by atoms with Gasteiger partial charge in [0.25, 0.3) is 5.91 Å². The molecule has 7 heteroatoms. The van der Waals surface area contributed by atoms with E-state index in [4.69, 9.17) is 5.73 Å². The van der Waals surface area contributed by atoms with E-state index in [1.54, 1.807) is 0 Å². The van der Waals surface area contributed by atoms with Gasteiger partial charge in [-0.25, -0.2) is 0 Å². The van der Waals surface area contributed by atoms with Crippen LogP contribution in [0.5, 0.6) is 0 Å². The number of carbonyl (C=O) groups excluding carboxylic acids is 1. The van der Waals surface area contributed by atoms with Gasteiger partial charge in [-0.3, -0.25) is 9.89 Å². The van der Waals surface area contributed by atoms with Crippen LogP contribution in [-0.2, 0) is 0 Å². The molecular formula is C10H20N6O. The van der Waals surface area contributed by atoms with Gasteiger partial charge in [0.2, 0.25) is 11.8 Å². The summed E-state index contributed by atoms with van der Waals surface area (Å²) < 4.78 is 0. The van der Waals surface area contributed by atoms with Crippen LogP contribution < -0.4 is 11.1 Å². The molecule has 0 aliphatic carbocycles. The van der Waals surface area contributed by atoms with E-state index in [-0.39, 0.29) is 17.7 Å². The van der Waals surface area contributed by atoms with Gasteiger partial charge >= 0.3 is 0 Å². The van der Waals surface area contributed by atoms with Gasteiger partial charge in [-0.05, 0) is 26.1 Å². The average molecular weight is 240 g/mol. The molecule has 1 amide bonds. The average Bonchev–Trinajstić information content (AvgIpc) is 2.76. The van der Waals surface area contributed by atoms with Crippen molar-refractivity contribution < 1.29 is 4.79 Å². The number of nitrogens with zero attached hydrogens (tertiary/aromatic N) is 3.